The number of carbonyl (C=O) groups is 1. The summed E-state index contributed by atoms with van der Waals surface area (Å²) in [6.45, 7) is 11.0. The summed E-state index contributed by atoms with van der Waals surface area (Å²) < 4.78 is 5.01. The van der Waals surface area contributed by atoms with E-state index >= 15 is 0 Å². The number of amides is 1. The van der Waals surface area contributed by atoms with Crippen LogP contribution in [0.5, 0.6) is 0 Å². The topological polar surface area (TPSA) is 40.4 Å². The first-order valence-electron chi connectivity index (χ1n) is 4.06. The summed E-state index contributed by atoms with van der Waals surface area (Å²) in [5.41, 5.74) is -0.811. The third kappa shape index (κ3) is 11.9. The fraction of sp³-hybridized carbons (Fsp3) is 0.889. The quantitative estimate of drug-likeness (QED) is 0.668. The molecule has 0 aliphatic rings. The van der Waals surface area contributed by atoms with Crippen molar-refractivity contribution >= 4 is 6.09 Å². The zero-order valence-corrected chi connectivity index (χ0v) is 11.9. The molecule has 1 amide bonds. The fourth-order valence-electron chi connectivity index (χ4n) is 0.559. The molecule has 0 aromatic carbocycles. The molecule has 0 rings (SSSR count). The van der Waals surface area contributed by atoms with Crippen molar-refractivity contribution in [2.45, 2.75) is 52.7 Å². The van der Waals surface area contributed by atoms with Gasteiger partial charge < -0.3 is 10.1 Å². The number of ether oxygens (including phenoxy) is 1. The molecule has 0 aromatic heterocycles. The van der Waals surface area contributed by atoms with E-state index in [1.54, 1.807) is 0 Å². The molecule has 0 aromatic rings. The van der Waals surface area contributed by atoms with Crippen molar-refractivity contribution in [3.05, 3.63) is 5.32 Å². The number of carbonyl (C=O) groups excluding carboxylic acids is 1. The van der Waals surface area contributed by atoms with E-state index in [0.717, 1.165) is 0 Å². The molecule has 0 bridgehead atoms. The first-order valence-corrected chi connectivity index (χ1v) is 4.06. The molecular weight excluding hydrogens is 340 g/mol. The number of hydrogen-bond acceptors (Lipinski definition) is 2. The van der Waals surface area contributed by atoms with Crippen molar-refractivity contribution in [3.63, 3.8) is 0 Å². The van der Waals surface area contributed by atoms with E-state index in [1.807, 2.05) is 41.5 Å². The molecular formula is C9H18NO2Re-. The van der Waals surface area contributed by atoms with Crippen LogP contribution in [0.15, 0.2) is 0 Å². The first-order chi connectivity index (χ1) is 5.10. The molecule has 0 saturated carbocycles. The normalized spacial score (nSPS) is 11.5. The third-order valence-corrected chi connectivity index (χ3v) is 0.820. The van der Waals surface area contributed by atoms with Crippen LogP contribution in [0, 0.1) is 0 Å². The summed E-state index contributed by atoms with van der Waals surface area (Å²) in [5.74, 6) is 0. The largest absolute Gasteiger partial charge is 0.613 e. The van der Waals surface area contributed by atoms with Crippen LogP contribution in [0.25, 0.3) is 5.32 Å². The molecule has 79 valence electrons. The molecule has 3 nitrogen and oxygen atoms in total. The standard InChI is InChI=1S/C9H19NO2.Re/c1-8(2,3)10-7(11)12-9(4,5)6;/h1-6H3,(H,10,11);/p-1. The van der Waals surface area contributed by atoms with Crippen LogP contribution < -0.4 is 0 Å². The molecule has 0 aliphatic heterocycles. The zero-order valence-electron chi connectivity index (χ0n) is 9.14. The van der Waals surface area contributed by atoms with Gasteiger partial charge in [0.1, 0.15) is 5.60 Å². The second-order valence-corrected chi connectivity index (χ2v) is 4.76. The minimum absolute atomic E-state index is 0. The van der Waals surface area contributed by atoms with Gasteiger partial charge in [0, 0.05) is 20.4 Å². The molecule has 0 unspecified atom stereocenters. The molecule has 0 heterocycles. The fourth-order valence-corrected chi connectivity index (χ4v) is 0.559. The van der Waals surface area contributed by atoms with E-state index in [9.17, 15) is 4.79 Å². The second kappa shape index (κ2) is 4.97. The van der Waals surface area contributed by atoms with Crippen LogP contribution >= 0.6 is 0 Å². The van der Waals surface area contributed by atoms with Crippen molar-refractivity contribution in [1.82, 2.24) is 0 Å². The van der Waals surface area contributed by atoms with Crippen LogP contribution in [0.2, 0.25) is 0 Å². The SMILES string of the molecule is CC(C)(C)[N-]C(=O)OC(C)(C)C.[Re]. The summed E-state index contributed by atoms with van der Waals surface area (Å²) >= 11 is 0. The maximum absolute atomic E-state index is 11.1. The summed E-state index contributed by atoms with van der Waals surface area (Å²) in [4.78, 5) is 11.1. The Labute approximate surface area is 94.3 Å². The Kier molecular flexibility index (Phi) is 5.89. The van der Waals surface area contributed by atoms with Crippen LogP contribution in [-0.2, 0) is 25.2 Å². The summed E-state index contributed by atoms with van der Waals surface area (Å²) in [7, 11) is 0. The van der Waals surface area contributed by atoms with Gasteiger partial charge in [0.05, 0.1) is 0 Å². The molecule has 4 heteroatoms. The molecule has 0 aliphatic carbocycles. The van der Waals surface area contributed by atoms with E-state index in [-0.39, 0.29) is 26.0 Å². The first kappa shape index (κ1) is 15.4. The Balaban J connectivity index is 0. The van der Waals surface area contributed by atoms with Crippen molar-refractivity contribution < 1.29 is 30.0 Å². The average molecular weight is 358 g/mol. The van der Waals surface area contributed by atoms with E-state index in [2.05, 4.69) is 5.32 Å². The van der Waals surface area contributed by atoms with Gasteiger partial charge in [-0.1, -0.05) is 20.8 Å². The molecule has 0 atom stereocenters. The van der Waals surface area contributed by atoms with Gasteiger partial charge in [-0.3, -0.25) is 4.79 Å². The minimum atomic E-state index is -0.491. The summed E-state index contributed by atoms with van der Waals surface area (Å²) in [5, 5.41) is 3.83. The van der Waals surface area contributed by atoms with E-state index in [0.29, 0.717) is 0 Å². The average Bonchev–Trinajstić information content (AvgIpc) is 1.49. The predicted molar refractivity (Wildman–Crippen MR) is 49.3 cm³/mol. The van der Waals surface area contributed by atoms with Crippen LogP contribution in [0.1, 0.15) is 41.5 Å². The number of hydrogen-bond donors (Lipinski definition) is 0. The van der Waals surface area contributed by atoms with Gasteiger partial charge in [0.15, 0.2) is 0 Å². The molecule has 13 heavy (non-hydrogen) atoms. The Hall–Kier alpha value is -0.0677. The van der Waals surface area contributed by atoms with Crippen molar-refractivity contribution in [3.8, 4) is 0 Å². The molecule has 0 N–H and O–H groups in total. The number of nitrogens with zero attached hydrogens (tertiary/aromatic N) is 1. The summed E-state index contributed by atoms with van der Waals surface area (Å²) in [6.07, 6.45) is -0.491. The smallest absolute Gasteiger partial charge is 0.230 e. The zero-order chi connectivity index (χ0) is 9.99. The molecule has 0 spiro atoms. The van der Waals surface area contributed by atoms with Crippen LogP contribution in [-0.4, -0.2) is 17.2 Å². The Bertz CT molecular complexity index is 149. The van der Waals surface area contributed by atoms with Crippen LogP contribution in [0.4, 0.5) is 4.79 Å². The van der Waals surface area contributed by atoms with Crippen molar-refractivity contribution in [2.75, 3.05) is 0 Å². The Morgan fingerprint density at radius 1 is 1.08 bits per heavy atom. The summed E-state index contributed by atoms with van der Waals surface area (Å²) in [6, 6.07) is 0. The minimum Gasteiger partial charge on any atom is -0.613 e. The predicted octanol–water partition coefficient (Wildman–Crippen LogP) is 3.09. The number of rotatable bonds is 0. The van der Waals surface area contributed by atoms with Crippen molar-refractivity contribution in [2.24, 2.45) is 0 Å². The van der Waals surface area contributed by atoms with Gasteiger partial charge >= 0.3 is 0 Å². The molecule has 1 radical (unpaired) electrons. The Morgan fingerprint density at radius 2 is 1.46 bits per heavy atom. The van der Waals surface area contributed by atoms with Gasteiger partial charge in [-0.25, -0.2) is 0 Å². The maximum Gasteiger partial charge on any atom is 0.230 e. The second-order valence-electron chi connectivity index (χ2n) is 4.76. The van der Waals surface area contributed by atoms with Gasteiger partial charge in [-0.15, -0.1) is 5.54 Å². The van der Waals surface area contributed by atoms with E-state index in [4.69, 9.17) is 4.74 Å². The van der Waals surface area contributed by atoms with Gasteiger partial charge in [0.2, 0.25) is 6.09 Å². The van der Waals surface area contributed by atoms with Crippen molar-refractivity contribution in [1.29, 1.82) is 0 Å². The van der Waals surface area contributed by atoms with Gasteiger partial charge in [0.25, 0.3) is 0 Å². The van der Waals surface area contributed by atoms with E-state index in [1.165, 1.54) is 0 Å². The van der Waals surface area contributed by atoms with Crippen LogP contribution in [0.3, 0.4) is 0 Å². The van der Waals surface area contributed by atoms with Gasteiger partial charge in [-0.05, 0) is 20.8 Å². The van der Waals surface area contributed by atoms with Gasteiger partial charge in [-0.2, -0.15) is 0 Å². The Morgan fingerprint density at radius 3 is 1.69 bits per heavy atom. The van der Waals surface area contributed by atoms with E-state index < -0.39 is 11.7 Å². The third-order valence-electron chi connectivity index (χ3n) is 0.820. The maximum atomic E-state index is 11.1. The monoisotopic (exact) mass is 359 g/mol. The molecule has 0 saturated heterocycles. The molecule has 0 fully saturated rings.